The first-order valence-corrected chi connectivity index (χ1v) is 9.42. The molecule has 2 atom stereocenters. The van der Waals surface area contributed by atoms with E-state index in [0.717, 1.165) is 27.5 Å². The molecule has 0 fully saturated rings. The summed E-state index contributed by atoms with van der Waals surface area (Å²) < 4.78 is 10.6. The van der Waals surface area contributed by atoms with E-state index >= 15 is 0 Å². The third-order valence-corrected chi connectivity index (χ3v) is 5.75. The van der Waals surface area contributed by atoms with Crippen LogP contribution in [0.1, 0.15) is 30.2 Å². The van der Waals surface area contributed by atoms with Gasteiger partial charge in [-0.15, -0.1) is 11.8 Å². The number of hydrogen-bond donors (Lipinski definition) is 1. The van der Waals surface area contributed by atoms with Crippen molar-refractivity contribution in [1.82, 2.24) is 5.32 Å². The average Bonchev–Trinajstić information content (AvgIpc) is 2.79. The summed E-state index contributed by atoms with van der Waals surface area (Å²) in [5.41, 5.74) is 2.62. The molecule has 0 unspecified atom stereocenters. The molecule has 0 spiro atoms. The first-order valence-electron chi connectivity index (χ1n) is 8.54. The molecule has 1 heterocycles. The van der Waals surface area contributed by atoms with Gasteiger partial charge in [-0.25, -0.2) is 0 Å². The number of esters is 1. The zero-order chi connectivity index (χ0) is 19.4. The van der Waals surface area contributed by atoms with Gasteiger partial charge in [-0.1, -0.05) is 42.5 Å². The lowest BCUT2D eigenvalue weighted by Gasteiger charge is -2.24. The van der Waals surface area contributed by atoms with E-state index in [1.165, 1.54) is 18.7 Å². The van der Waals surface area contributed by atoms with Gasteiger partial charge < -0.3 is 14.8 Å². The van der Waals surface area contributed by atoms with Crippen LogP contribution in [-0.2, 0) is 14.3 Å². The number of carbonyl (C=O) groups is 2. The molecule has 0 saturated heterocycles. The summed E-state index contributed by atoms with van der Waals surface area (Å²) in [5, 5.41) is 2.50. The molecular formula is C21H21NO4S. The van der Waals surface area contributed by atoms with E-state index < -0.39 is 12.1 Å². The molecule has 0 bridgehead atoms. The summed E-state index contributed by atoms with van der Waals surface area (Å²) in [6.07, 6.45) is -0.933. The summed E-state index contributed by atoms with van der Waals surface area (Å²) in [7, 11) is 1.60. The van der Waals surface area contributed by atoms with Gasteiger partial charge in [0.15, 0.2) is 6.10 Å². The Morgan fingerprint density at radius 3 is 2.33 bits per heavy atom. The quantitative estimate of drug-likeness (QED) is 0.811. The minimum absolute atomic E-state index is 0.332. The van der Waals surface area contributed by atoms with Crippen LogP contribution in [0.2, 0.25) is 0 Å². The van der Waals surface area contributed by atoms with E-state index in [1.54, 1.807) is 7.11 Å². The van der Waals surface area contributed by atoms with Crippen LogP contribution in [0.5, 0.6) is 5.75 Å². The van der Waals surface area contributed by atoms with Gasteiger partial charge in [0.1, 0.15) is 5.75 Å². The molecule has 0 radical (unpaired) electrons. The summed E-state index contributed by atoms with van der Waals surface area (Å²) in [4.78, 5) is 25.4. The lowest BCUT2D eigenvalue weighted by molar-refractivity contribution is -0.153. The fraction of sp³-hybridized carbons (Fsp3) is 0.238. The highest BCUT2D eigenvalue weighted by Crippen LogP contribution is 2.46. The highest BCUT2D eigenvalue weighted by molar-refractivity contribution is 8.08. The predicted molar refractivity (Wildman–Crippen MR) is 106 cm³/mol. The van der Waals surface area contributed by atoms with Crippen LogP contribution in [0.25, 0.3) is 4.91 Å². The molecule has 1 aliphatic heterocycles. The maximum absolute atomic E-state index is 12.8. The van der Waals surface area contributed by atoms with Crippen molar-refractivity contribution in [1.29, 1.82) is 0 Å². The fourth-order valence-corrected chi connectivity index (χ4v) is 4.28. The third-order valence-electron chi connectivity index (χ3n) is 4.20. The number of hydrogen-bond acceptors (Lipinski definition) is 5. The van der Waals surface area contributed by atoms with E-state index in [4.69, 9.17) is 9.47 Å². The van der Waals surface area contributed by atoms with Gasteiger partial charge in [0.25, 0.3) is 5.91 Å². The number of thioether (sulfide) groups is 1. The first kappa shape index (κ1) is 19.0. The van der Waals surface area contributed by atoms with Crippen LogP contribution in [-0.4, -0.2) is 25.1 Å². The lowest BCUT2D eigenvalue weighted by Crippen LogP contribution is -2.38. The number of amides is 1. The molecule has 0 aromatic heterocycles. The Labute approximate surface area is 162 Å². The van der Waals surface area contributed by atoms with E-state index in [1.807, 2.05) is 61.5 Å². The van der Waals surface area contributed by atoms with Gasteiger partial charge in [-0.2, -0.15) is 0 Å². The van der Waals surface area contributed by atoms with Gasteiger partial charge in [0.05, 0.1) is 12.4 Å². The summed E-state index contributed by atoms with van der Waals surface area (Å²) in [6.45, 7) is 3.17. The summed E-state index contributed by atoms with van der Waals surface area (Å²) in [5.74, 6) is -0.0992. The van der Waals surface area contributed by atoms with Crippen molar-refractivity contribution in [3.8, 4) is 5.75 Å². The second kappa shape index (κ2) is 8.31. The molecule has 5 nitrogen and oxygen atoms in total. The number of carbonyl (C=O) groups excluding carboxylic acids is 2. The average molecular weight is 383 g/mol. The van der Waals surface area contributed by atoms with Crippen LogP contribution >= 0.6 is 11.8 Å². The Morgan fingerprint density at radius 2 is 1.74 bits per heavy atom. The molecule has 1 aliphatic rings. The Hall–Kier alpha value is -2.73. The Morgan fingerprint density at radius 1 is 1.07 bits per heavy atom. The van der Waals surface area contributed by atoms with Crippen LogP contribution < -0.4 is 10.1 Å². The van der Waals surface area contributed by atoms with Crippen molar-refractivity contribution in [2.24, 2.45) is 0 Å². The number of ether oxygens (including phenoxy) is 2. The standard InChI is InChI=1S/C21H21NO4S/c1-13-19(15-7-5-4-6-8-15)27-20(16-9-11-17(25-3)12-10-16)18(21(24)22-13)26-14(2)23/h4-12,18,20H,1-3H3,(H,22,24)/t18-,20+/m1/s1. The van der Waals surface area contributed by atoms with Gasteiger partial charge in [0.2, 0.25) is 0 Å². The lowest BCUT2D eigenvalue weighted by atomic mass is 10.1. The summed E-state index contributed by atoms with van der Waals surface area (Å²) >= 11 is 1.51. The topological polar surface area (TPSA) is 64.6 Å². The van der Waals surface area contributed by atoms with Gasteiger partial charge in [0, 0.05) is 17.5 Å². The van der Waals surface area contributed by atoms with Crippen molar-refractivity contribution >= 4 is 28.5 Å². The largest absolute Gasteiger partial charge is 0.497 e. The molecule has 2 aromatic carbocycles. The van der Waals surface area contributed by atoms with Crippen molar-refractivity contribution in [2.45, 2.75) is 25.2 Å². The molecule has 27 heavy (non-hydrogen) atoms. The van der Waals surface area contributed by atoms with Crippen molar-refractivity contribution in [3.63, 3.8) is 0 Å². The van der Waals surface area contributed by atoms with Crippen molar-refractivity contribution in [2.75, 3.05) is 7.11 Å². The second-order valence-electron chi connectivity index (χ2n) is 6.15. The Balaban J connectivity index is 2.05. The van der Waals surface area contributed by atoms with E-state index in [9.17, 15) is 9.59 Å². The number of allylic oxidation sites excluding steroid dienone is 1. The van der Waals surface area contributed by atoms with E-state index in [-0.39, 0.29) is 11.2 Å². The maximum atomic E-state index is 12.8. The molecule has 0 saturated carbocycles. The Kier molecular flexibility index (Phi) is 5.86. The first-order chi connectivity index (χ1) is 13.0. The van der Waals surface area contributed by atoms with Crippen LogP contribution in [0, 0.1) is 0 Å². The Bertz CT molecular complexity index is 862. The SMILES string of the molecule is COc1ccc([C@@H]2SC(c3ccccc3)=C(C)NC(=O)[C@@H]2OC(C)=O)cc1. The smallest absolute Gasteiger partial charge is 0.303 e. The zero-order valence-electron chi connectivity index (χ0n) is 15.4. The molecular weight excluding hydrogens is 362 g/mol. The number of methoxy groups -OCH3 is 1. The van der Waals surface area contributed by atoms with E-state index in [2.05, 4.69) is 5.32 Å². The monoisotopic (exact) mass is 383 g/mol. The minimum Gasteiger partial charge on any atom is -0.497 e. The highest BCUT2D eigenvalue weighted by Gasteiger charge is 2.37. The molecule has 2 aromatic rings. The van der Waals surface area contributed by atoms with Crippen molar-refractivity contribution < 1.29 is 19.1 Å². The molecule has 1 amide bonds. The maximum Gasteiger partial charge on any atom is 0.303 e. The summed E-state index contributed by atoms with van der Waals surface area (Å²) in [6, 6.07) is 17.3. The molecule has 140 valence electrons. The van der Waals surface area contributed by atoms with E-state index in [0.29, 0.717) is 0 Å². The normalized spacial score (nSPS) is 19.9. The highest BCUT2D eigenvalue weighted by atomic mass is 32.2. The minimum atomic E-state index is -0.933. The predicted octanol–water partition coefficient (Wildman–Crippen LogP) is 3.92. The van der Waals surface area contributed by atoms with Gasteiger partial charge in [-0.05, 0) is 30.2 Å². The van der Waals surface area contributed by atoms with Gasteiger partial charge >= 0.3 is 5.97 Å². The van der Waals surface area contributed by atoms with Crippen LogP contribution in [0.15, 0.2) is 60.3 Å². The molecule has 3 rings (SSSR count). The molecule has 0 aliphatic carbocycles. The third kappa shape index (κ3) is 4.34. The number of benzene rings is 2. The molecule has 1 N–H and O–H groups in total. The fourth-order valence-electron chi connectivity index (χ4n) is 2.93. The van der Waals surface area contributed by atoms with Crippen LogP contribution in [0.3, 0.4) is 0 Å². The van der Waals surface area contributed by atoms with Gasteiger partial charge in [-0.3, -0.25) is 9.59 Å². The number of rotatable bonds is 4. The zero-order valence-corrected chi connectivity index (χ0v) is 16.2. The number of nitrogens with one attached hydrogen (secondary N) is 1. The molecule has 6 heteroatoms. The van der Waals surface area contributed by atoms with Crippen LogP contribution in [0.4, 0.5) is 0 Å². The second-order valence-corrected chi connectivity index (χ2v) is 7.30. The van der Waals surface area contributed by atoms with Crippen molar-refractivity contribution in [3.05, 3.63) is 71.4 Å².